The molecule has 36 heavy (non-hydrogen) atoms. The Morgan fingerprint density at radius 2 is 2.14 bits per heavy atom. The fraction of sp³-hybridized carbons (Fsp3) is 0.261. The van der Waals surface area contributed by atoms with E-state index < -0.39 is 23.8 Å². The molecule has 9 nitrogen and oxygen atoms in total. The Balaban J connectivity index is 1.33. The summed E-state index contributed by atoms with van der Waals surface area (Å²) in [5.74, 6) is -2.04. The molecule has 184 valence electrons. The number of alkyl halides is 1. The van der Waals surface area contributed by atoms with Gasteiger partial charge in [-0.1, -0.05) is 11.8 Å². The number of fused-ring (bicyclic) bond motifs is 2. The summed E-state index contributed by atoms with van der Waals surface area (Å²) in [4.78, 5) is 21.3. The van der Waals surface area contributed by atoms with E-state index in [1.54, 1.807) is 6.07 Å². The summed E-state index contributed by atoms with van der Waals surface area (Å²) in [7, 11) is 0. The van der Waals surface area contributed by atoms with Gasteiger partial charge in [-0.3, -0.25) is 0 Å². The number of amidine groups is 1. The molecule has 3 N–H and O–H groups in total. The van der Waals surface area contributed by atoms with Crippen molar-refractivity contribution in [1.29, 1.82) is 0 Å². The number of nitrogens with two attached hydrogens (primary N) is 1. The van der Waals surface area contributed by atoms with Crippen molar-refractivity contribution in [3.05, 3.63) is 66.1 Å². The van der Waals surface area contributed by atoms with Crippen molar-refractivity contribution in [2.24, 2.45) is 16.6 Å². The summed E-state index contributed by atoms with van der Waals surface area (Å²) in [5.41, 5.74) is 5.72. The standard InChI is InChI=1S/C23H18F3N7O2S/c24-9-23(13-5-17(13)36-22(27)33-23)14-3-11(4-15(25)19(14)26)31-21-20-16(1-2-28-21)32-18(6-29-20)35-8-12-7-34-10-30-12/h1-4,6-7,10,13,17H,5,8-9H2,(H2,27,33)(H,28,31)/t13-,17+,23+/m1/s1. The van der Waals surface area contributed by atoms with E-state index in [2.05, 4.69) is 30.2 Å². The van der Waals surface area contributed by atoms with E-state index in [1.165, 1.54) is 42.9 Å². The maximum atomic E-state index is 15.0. The summed E-state index contributed by atoms with van der Waals surface area (Å²) < 4.78 is 54.6. The molecular formula is C23H18F3N7O2S. The van der Waals surface area contributed by atoms with Crippen LogP contribution in [0.25, 0.3) is 11.0 Å². The SMILES string of the molecule is NC1=N[C@](CF)(c2cc(Nc3nccc4nc(OCc5cocn5)cnc34)cc(F)c2F)[C@@H]2C[C@@H]2S1. The first-order chi connectivity index (χ1) is 17.5. The zero-order valence-electron chi connectivity index (χ0n) is 18.5. The van der Waals surface area contributed by atoms with Crippen LogP contribution in [0.15, 0.2) is 52.7 Å². The molecule has 2 aliphatic rings. The monoisotopic (exact) mass is 513 g/mol. The second kappa shape index (κ2) is 8.66. The van der Waals surface area contributed by atoms with Gasteiger partial charge in [-0.05, 0) is 18.6 Å². The Morgan fingerprint density at radius 1 is 1.25 bits per heavy atom. The zero-order chi connectivity index (χ0) is 24.9. The summed E-state index contributed by atoms with van der Waals surface area (Å²) in [6.45, 7) is -0.849. The minimum atomic E-state index is -1.56. The molecule has 4 aromatic rings. The number of ether oxygens (including phenoxy) is 1. The van der Waals surface area contributed by atoms with Crippen molar-refractivity contribution in [3.8, 4) is 5.88 Å². The fourth-order valence-electron chi connectivity index (χ4n) is 4.39. The molecule has 3 atom stereocenters. The largest absolute Gasteiger partial charge is 0.470 e. The van der Waals surface area contributed by atoms with Crippen molar-refractivity contribution in [2.75, 3.05) is 12.0 Å². The number of oxazole rings is 1. The van der Waals surface area contributed by atoms with Crippen LogP contribution in [0, 0.1) is 17.6 Å². The van der Waals surface area contributed by atoms with Crippen LogP contribution in [0.1, 0.15) is 17.7 Å². The molecule has 0 bridgehead atoms. The second-order valence-electron chi connectivity index (χ2n) is 8.46. The highest BCUT2D eigenvalue weighted by atomic mass is 32.2. The lowest BCUT2D eigenvalue weighted by molar-refractivity contribution is 0.269. The number of hydrogen-bond acceptors (Lipinski definition) is 10. The average molecular weight is 514 g/mol. The zero-order valence-corrected chi connectivity index (χ0v) is 19.3. The van der Waals surface area contributed by atoms with Crippen LogP contribution in [0.5, 0.6) is 5.88 Å². The van der Waals surface area contributed by atoms with E-state index in [1.807, 2.05) is 0 Å². The molecule has 3 aromatic heterocycles. The first-order valence-electron chi connectivity index (χ1n) is 10.9. The van der Waals surface area contributed by atoms with Gasteiger partial charge < -0.3 is 20.2 Å². The highest BCUT2D eigenvalue weighted by molar-refractivity contribution is 8.14. The molecule has 0 unspecified atom stereocenters. The van der Waals surface area contributed by atoms with E-state index in [0.717, 1.165) is 6.07 Å². The third-order valence-corrected chi connectivity index (χ3v) is 7.33. The number of nitrogens with one attached hydrogen (secondary N) is 1. The third-order valence-electron chi connectivity index (χ3n) is 6.18. The number of aliphatic imine (C=N–C) groups is 1. The lowest BCUT2D eigenvalue weighted by atomic mass is 9.85. The number of anilines is 2. The Kier molecular flexibility index (Phi) is 5.43. The van der Waals surface area contributed by atoms with E-state index in [0.29, 0.717) is 23.1 Å². The number of benzene rings is 1. The van der Waals surface area contributed by atoms with Gasteiger partial charge in [0, 0.05) is 34.7 Å². The fourth-order valence-corrected chi connectivity index (χ4v) is 5.60. The number of rotatable bonds is 7. The summed E-state index contributed by atoms with van der Waals surface area (Å²) in [6.07, 6.45) is 6.28. The molecule has 1 aromatic carbocycles. The quantitative estimate of drug-likeness (QED) is 0.374. The highest BCUT2D eigenvalue weighted by Crippen LogP contribution is 2.58. The molecule has 0 spiro atoms. The minimum absolute atomic E-state index is 0.0352. The summed E-state index contributed by atoms with van der Waals surface area (Å²) >= 11 is 1.34. The normalized spacial score (nSPS) is 22.7. The van der Waals surface area contributed by atoms with Crippen LogP contribution in [-0.2, 0) is 12.1 Å². The summed E-state index contributed by atoms with van der Waals surface area (Å²) in [5, 5.41) is 3.16. The first kappa shape index (κ1) is 22.6. The Labute approximate surface area is 206 Å². The maximum absolute atomic E-state index is 15.0. The molecule has 13 heteroatoms. The van der Waals surface area contributed by atoms with E-state index in [4.69, 9.17) is 14.9 Å². The molecule has 6 rings (SSSR count). The number of aromatic nitrogens is 4. The molecule has 4 heterocycles. The van der Waals surface area contributed by atoms with Crippen molar-refractivity contribution in [3.63, 3.8) is 0 Å². The third kappa shape index (κ3) is 3.88. The molecular weight excluding hydrogens is 495 g/mol. The number of pyridine rings is 1. The van der Waals surface area contributed by atoms with Gasteiger partial charge in [0.25, 0.3) is 0 Å². The van der Waals surface area contributed by atoms with Gasteiger partial charge in [-0.25, -0.2) is 38.1 Å². The predicted molar refractivity (Wildman–Crippen MR) is 127 cm³/mol. The van der Waals surface area contributed by atoms with Crippen LogP contribution in [0.2, 0.25) is 0 Å². The predicted octanol–water partition coefficient (Wildman–Crippen LogP) is 4.23. The van der Waals surface area contributed by atoms with Crippen molar-refractivity contribution in [1.82, 2.24) is 19.9 Å². The Hall–Kier alpha value is -3.87. The lowest BCUT2D eigenvalue weighted by Gasteiger charge is -2.31. The molecule has 0 radical (unpaired) electrons. The van der Waals surface area contributed by atoms with Crippen LogP contribution in [0.3, 0.4) is 0 Å². The van der Waals surface area contributed by atoms with Crippen LogP contribution in [-0.4, -0.2) is 37.0 Å². The van der Waals surface area contributed by atoms with Gasteiger partial charge in [-0.2, -0.15) is 0 Å². The van der Waals surface area contributed by atoms with Gasteiger partial charge in [0.1, 0.15) is 36.3 Å². The van der Waals surface area contributed by atoms with Gasteiger partial charge in [0.15, 0.2) is 29.0 Å². The minimum Gasteiger partial charge on any atom is -0.470 e. The number of thioether (sulfide) groups is 1. The molecule has 0 saturated heterocycles. The maximum Gasteiger partial charge on any atom is 0.233 e. The van der Waals surface area contributed by atoms with Gasteiger partial charge in [-0.15, -0.1) is 0 Å². The lowest BCUT2D eigenvalue weighted by Crippen LogP contribution is -2.37. The summed E-state index contributed by atoms with van der Waals surface area (Å²) in [6, 6.07) is 3.96. The molecule has 1 aliphatic heterocycles. The van der Waals surface area contributed by atoms with Gasteiger partial charge >= 0.3 is 0 Å². The van der Waals surface area contributed by atoms with Crippen LogP contribution in [0.4, 0.5) is 24.7 Å². The van der Waals surface area contributed by atoms with Gasteiger partial charge in [0.05, 0.1) is 11.7 Å². The molecule has 1 saturated carbocycles. The molecule has 0 amide bonds. The first-order valence-corrected chi connectivity index (χ1v) is 11.8. The van der Waals surface area contributed by atoms with Gasteiger partial charge in [0.2, 0.25) is 5.88 Å². The topological polar surface area (TPSA) is 124 Å². The molecule has 1 aliphatic carbocycles. The number of nitrogens with zero attached hydrogens (tertiary/aromatic N) is 5. The Morgan fingerprint density at radius 3 is 2.94 bits per heavy atom. The van der Waals surface area contributed by atoms with E-state index in [9.17, 15) is 13.2 Å². The van der Waals surface area contributed by atoms with E-state index in [-0.39, 0.29) is 45.9 Å². The second-order valence-corrected chi connectivity index (χ2v) is 9.71. The van der Waals surface area contributed by atoms with Crippen molar-refractivity contribution < 1.29 is 22.3 Å². The highest BCUT2D eigenvalue weighted by Gasteiger charge is 2.58. The van der Waals surface area contributed by atoms with Crippen molar-refractivity contribution in [2.45, 2.75) is 23.8 Å². The number of halogens is 3. The van der Waals surface area contributed by atoms with E-state index >= 15 is 0 Å². The molecule has 1 fully saturated rings. The smallest absolute Gasteiger partial charge is 0.233 e. The van der Waals surface area contributed by atoms with Crippen LogP contribution >= 0.6 is 11.8 Å². The Bertz CT molecular complexity index is 1490. The van der Waals surface area contributed by atoms with Crippen molar-refractivity contribution >= 4 is 39.5 Å². The number of hydrogen-bond donors (Lipinski definition) is 2. The van der Waals surface area contributed by atoms with Crippen LogP contribution < -0.4 is 15.8 Å². The average Bonchev–Trinajstić information content (AvgIpc) is 3.47.